The van der Waals surface area contributed by atoms with Crippen LogP contribution < -0.4 is 10.5 Å². The van der Waals surface area contributed by atoms with Crippen molar-refractivity contribution in [3.63, 3.8) is 0 Å². The minimum atomic E-state index is -3.59. The number of nitrogens with one attached hydrogen (secondary N) is 1. The van der Waals surface area contributed by atoms with Gasteiger partial charge in [0, 0.05) is 12.6 Å². The molecule has 1 aliphatic rings. The number of nitrogens with zero attached hydrogens (tertiary/aromatic N) is 2. The van der Waals surface area contributed by atoms with E-state index >= 15 is 0 Å². The summed E-state index contributed by atoms with van der Waals surface area (Å²) in [7, 11) is -3.59. The quantitative estimate of drug-likeness (QED) is 0.274. The van der Waals surface area contributed by atoms with Gasteiger partial charge in [-0.25, -0.2) is 4.72 Å². The van der Waals surface area contributed by atoms with E-state index in [2.05, 4.69) is 9.88 Å². The number of nitrogens with two attached hydrogens (primary N) is 1. The lowest BCUT2D eigenvalue weighted by atomic mass is 10.2. The first-order valence-electron chi connectivity index (χ1n) is 6.59. The maximum absolute atomic E-state index is 12.3. The van der Waals surface area contributed by atoms with Crippen LogP contribution in [0.4, 0.5) is 0 Å². The van der Waals surface area contributed by atoms with Crippen LogP contribution in [-0.4, -0.2) is 42.9 Å². The monoisotopic (exact) mass is 292 g/mol. The van der Waals surface area contributed by atoms with Gasteiger partial charge in [0.1, 0.15) is 0 Å². The molecule has 0 spiro atoms. The summed E-state index contributed by atoms with van der Waals surface area (Å²) in [6.07, 6.45) is 3.66. The molecular formula is C11H24N4O3S. The van der Waals surface area contributed by atoms with Crippen LogP contribution in [0.2, 0.25) is 0 Å². The van der Waals surface area contributed by atoms with E-state index in [4.69, 9.17) is 10.9 Å². The molecule has 0 radical (unpaired) electrons. The van der Waals surface area contributed by atoms with Gasteiger partial charge in [0.15, 0.2) is 5.84 Å². The molecule has 0 aromatic heterocycles. The van der Waals surface area contributed by atoms with Crippen LogP contribution in [0.15, 0.2) is 5.16 Å². The first-order chi connectivity index (χ1) is 8.86. The maximum atomic E-state index is 12.3. The number of oxime groups is 1. The van der Waals surface area contributed by atoms with Gasteiger partial charge >= 0.3 is 0 Å². The first kappa shape index (κ1) is 16.2. The zero-order valence-corrected chi connectivity index (χ0v) is 12.4. The second kappa shape index (κ2) is 7.06. The van der Waals surface area contributed by atoms with Crippen molar-refractivity contribution >= 4 is 16.0 Å². The van der Waals surface area contributed by atoms with Gasteiger partial charge in [-0.05, 0) is 18.8 Å². The van der Waals surface area contributed by atoms with Crippen LogP contribution in [0.3, 0.4) is 0 Å². The minimum absolute atomic E-state index is 0.0648. The molecule has 1 fully saturated rings. The SMILES string of the molecule is CC(C)CNS(=O)(=O)N(CC(N)=NO)C1CCCC1. The zero-order chi connectivity index (χ0) is 14.5. The lowest BCUT2D eigenvalue weighted by Gasteiger charge is -2.27. The summed E-state index contributed by atoms with van der Waals surface area (Å²) in [4.78, 5) is 0. The van der Waals surface area contributed by atoms with Gasteiger partial charge < -0.3 is 10.9 Å². The third-order valence-corrected chi connectivity index (χ3v) is 4.74. The predicted molar refractivity (Wildman–Crippen MR) is 74.1 cm³/mol. The van der Waals surface area contributed by atoms with E-state index in [1.54, 1.807) is 0 Å². The van der Waals surface area contributed by atoms with Crippen LogP contribution in [0.25, 0.3) is 0 Å². The van der Waals surface area contributed by atoms with Crippen LogP contribution in [0.5, 0.6) is 0 Å². The van der Waals surface area contributed by atoms with Crippen molar-refractivity contribution < 1.29 is 13.6 Å². The Balaban J connectivity index is 2.81. The van der Waals surface area contributed by atoms with E-state index in [1.807, 2.05) is 13.8 Å². The van der Waals surface area contributed by atoms with Crippen molar-refractivity contribution in [2.24, 2.45) is 16.8 Å². The Bertz CT molecular complexity index is 402. The topological polar surface area (TPSA) is 108 Å². The molecule has 0 aromatic rings. The number of hydrogen-bond donors (Lipinski definition) is 3. The van der Waals surface area contributed by atoms with Gasteiger partial charge in [0.25, 0.3) is 10.2 Å². The molecule has 7 nitrogen and oxygen atoms in total. The first-order valence-corrected chi connectivity index (χ1v) is 8.03. The summed E-state index contributed by atoms with van der Waals surface area (Å²) >= 11 is 0. The summed E-state index contributed by atoms with van der Waals surface area (Å²) in [6.45, 7) is 4.17. The second-order valence-electron chi connectivity index (χ2n) is 5.32. The Morgan fingerprint density at radius 3 is 2.53 bits per heavy atom. The minimum Gasteiger partial charge on any atom is -0.409 e. The van der Waals surface area contributed by atoms with Crippen LogP contribution in [0.1, 0.15) is 39.5 Å². The highest BCUT2D eigenvalue weighted by atomic mass is 32.2. The Kier molecular flexibility index (Phi) is 6.02. The molecule has 0 bridgehead atoms. The van der Waals surface area contributed by atoms with E-state index in [1.165, 1.54) is 4.31 Å². The van der Waals surface area contributed by atoms with E-state index in [9.17, 15) is 8.42 Å². The van der Waals surface area contributed by atoms with Crippen molar-refractivity contribution in [1.82, 2.24) is 9.03 Å². The fourth-order valence-corrected chi connectivity index (χ4v) is 3.76. The van der Waals surface area contributed by atoms with Crippen LogP contribution in [-0.2, 0) is 10.2 Å². The summed E-state index contributed by atoms with van der Waals surface area (Å²) in [6, 6.07) is -0.0648. The van der Waals surface area contributed by atoms with Crippen molar-refractivity contribution in [2.45, 2.75) is 45.6 Å². The molecule has 0 atom stereocenters. The molecule has 1 rings (SSSR count). The van der Waals surface area contributed by atoms with Crippen molar-refractivity contribution in [1.29, 1.82) is 0 Å². The molecule has 0 aliphatic heterocycles. The summed E-state index contributed by atoms with van der Waals surface area (Å²) in [5, 5.41) is 11.5. The van der Waals surface area contributed by atoms with Crippen molar-refractivity contribution in [2.75, 3.05) is 13.1 Å². The Morgan fingerprint density at radius 1 is 1.47 bits per heavy atom. The van der Waals surface area contributed by atoms with Gasteiger partial charge in [-0.2, -0.15) is 12.7 Å². The zero-order valence-electron chi connectivity index (χ0n) is 11.5. The van der Waals surface area contributed by atoms with Crippen LogP contribution >= 0.6 is 0 Å². The van der Waals surface area contributed by atoms with Crippen LogP contribution in [0, 0.1) is 5.92 Å². The number of rotatable bonds is 7. The standard InChI is InChI=1S/C11H24N4O3S/c1-9(2)7-13-19(17,18)15(8-11(12)14-16)10-5-3-4-6-10/h9-10,13,16H,3-8H2,1-2H3,(H2,12,14). The number of hydrogen-bond acceptors (Lipinski definition) is 4. The molecule has 8 heteroatoms. The molecule has 0 saturated heterocycles. The van der Waals surface area contributed by atoms with Gasteiger partial charge in [0.2, 0.25) is 0 Å². The fourth-order valence-electron chi connectivity index (χ4n) is 2.15. The smallest absolute Gasteiger partial charge is 0.280 e. The lowest BCUT2D eigenvalue weighted by molar-refractivity contribution is 0.307. The average Bonchev–Trinajstić information content (AvgIpc) is 2.86. The normalized spacial score (nSPS) is 18.6. The Labute approximate surface area is 115 Å². The van der Waals surface area contributed by atoms with Gasteiger partial charge in [0.05, 0.1) is 6.54 Å². The molecule has 0 heterocycles. The molecule has 19 heavy (non-hydrogen) atoms. The molecule has 0 aromatic carbocycles. The molecule has 1 aliphatic carbocycles. The van der Waals surface area contributed by atoms with Gasteiger partial charge in [-0.15, -0.1) is 0 Å². The highest BCUT2D eigenvalue weighted by Gasteiger charge is 2.32. The molecule has 0 amide bonds. The average molecular weight is 292 g/mol. The van der Waals surface area contributed by atoms with E-state index < -0.39 is 10.2 Å². The fraction of sp³-hybridized carbons (Fsp3) is 0.909. The van der Waals surface area contributed by atoms with E-state index in [0.717, 1.165) is 25.7 Å². The third kappa shape index (κ3) is 4.96. The lowest BCUT2D eigenvalue weighted by Crippen LogP contribution is -2.49. The Morgan fingerprint density at radius 2 is 2.05 bits per heavy atom. The molecule has 1 saturated carbocycles. The highest BCUT2D eigenvalue weighted by molar-refractivity contribution is 7.87. The number of amidine groups is 1. The maximum Gasteiger partial charge on any atom is 0.280 e. The van der Waals surface area contributed by atoms with E-state index in [-0.39, 0.29) is 24.3 Å². The van der Waals surface area contributed by atoms with E-state index in [0.29, 0.717) is 6.54 Å². The van der Waals surface area contributed by atoms with Crippen molar-refractivity contribution in [3.8, 4) is 0 Å². The third-order valence-electron chi connectivity index (χ3n) is 3.16. The molecular weight excluding hydrogens is 268 g/mol. The second-order valence-corrected chi connectivity index (χ2v) is 7.03. The highest BCUT2D eigenvalue weighted by Crippen LogP contribution is 2.25. The predicted octanol–water partition coefficient (Wildman–Crippen LogP) is 0.468. The van der Waals surface area contributed by atoms with Gasteiger partial charge in [-0.3, -0.25) is 0 Å². The molecule has 4 N–H and O–H groups in total. The molecule has 112 valence electrons. The molecule has 0 unspecified atom stereocenters. The summed E-state index contributed by atoms with van der Waals surface area (Å²) in [5.41, 5.74) is 5.46. The van der Waals surface area contributed by atoms with Gasteiger partial charge in [-0.1, -0.05) is 31.8 Å². The largest absolute Gasteiger partial charge is 0.409 e. The summed E-state index contributed by atoms with van der Waals surface area (Å²) < 4.78 is 28.5. The van der Waals surface area contributed by atoms with Crippen molar-refractivity contribution in [3.05, 3.63) is 0 Å². The Hall–Kier alpha value is -0.860. The summed E-state index contributed by atoms with van der Waals surface area (Å²) in [5.74, 6) is 0.130.